The molecular weight excluding hydrogens is 374 g/mol. The van der Waals surface area contributed by atoms with E-state index < -0.39 is 10.0 Å². The summed E-state index contributed by atoms with van der Waals surface area (Å²) < 4.78 is 26.8. The molecule has 0 unspecified atom stereocenters. The molecule has 2 saturated heterocycles. The van der Waals surface area contributed by atoms with Gasteiger partial charge in [-0.25, -0.2) is 13.1 Å². The Hall–Kier alpha value is -1.44. The lowest BCUT2D eigenvalue weighted by Crippen LogP contribution is -2.60. The molecule has 4 rings (SSSR count). The molecule has 7 heteroatoms. The summed E-state index contributed by atoms with van der Waals surface area (Å²) in [6.45, 7) is 3.93. The molecule has 3 fully saturated rings. The van der Waals surface area contributed by atoms with Gasteiger partial charge in [-0.2, -0.15) is 0 Å². The fourth-order valence-electron chi connectivity index (χ4n) is 4.89. The van der Waals surface area contributed by atoms with Crippen LogP contribution in [-0.2, 0) is 21.4 Å². The third kappa shape index (κ3) is 4.75. The van der Waals surface area contributed by atoms with Crippen molar-refractivity contribution >= 4 is 15.9 Å². The first kappa shape index (κ1) is 19.9. The Balaban J connectivity index is 1.49. The Labute approximate surface area is 168 Å². The highest BCUT2D eigenvalue weighted by molar-refractivity contribution is 7.88. The first-order valence-electron chi connectivity index (χ1n) is 10.3. The first-order valence-corrected chi connectivity index (χ1v) is 12.2. The third-order valence-corrected chi connectivity index (χ3v) is 7.23. The Kier molecular flexibility index (Phi) is 5.51. The second-order valence-corrected chi connectivity index (χ2v) is 10.8. The molecular formula is C21H31N3O3S. The zero-order chi connectivity index (χ0) is 19.8. The molecule has 1 N–H and O–H groups in total. The average molecular weight is 406 g/mol. The number of benzene rings is 1. The number of sulfonamides is 1. The molecule has 6 nitrogen and oxygen atoms in total. The van der Waals surface area contributed by atoms with Crippen molar-refractivity contribution in [3.05, 3.63) is 35.9 Å². The number of piperidine rings is 1. The van der Waals surface area contributed by atoms with Crippen LogP contribution in [0.1, 0.15) is 37.7 Å². The third-order valence-electron chi connectivity index (χ3n) is 6.52. The van der Waals surface area contributed by atoms with Crippen LogP contribution in [0.2, 0.25) is 0 Å². The van der Waals surface area contributed by atoms with Crippen LogP contribution in [0.3, 0.4) is 0 Å². The number of hydrogen-bond donors (Lipinski definition) is 1. The molecule has 1 spiro atoms. The van der Waals surface area contributed by atoms with Crippen molar-refractivity contribution in [3.8, 4) is 0 Å². The standard InChI is InChI=1S/C21H31N3O3S/c1-28(26,27)22-19-9-11-24(20(25)13-17-7-8-17)16-21(19)10-12-23(15-21)14-18-5-3-2-4-6-18/h2-6,17,19,22H,7-16H2,1H3/t19-,21-/m0/s1. The summed E-state index contributed by atoms with van der Waals surface area (Å²) in [5, 5.41) is 0. The number of nitrogens with one attached hydrogen (secondary N) is 1. The minimum atomic E-state index is -3.28. The summed E-state index contributed by atoms with van der Waals surface area (Å²) in [4.78, 5) is 17.1. The minimum Gasteiger partial charge on any atom is -0.342 e. The van der Waals surface area contributed by atoms with E-state index in [9.17, 15) is 13.2 Å². The van der Waals surface area contributed by atoms with Gasteiger partial charge in [-0.3, -0.25) is 9.69 Å². The summed E-state index contributed by atoms with van der Waals surface area (Å²) >= 11 is 0. The quantitative estimate of drug-likeness (QED) is 0.784. The average Bonchev–Trinajstić information content (AvgIpc) is 3.37. The molecule has 3 aliphatic rings. The van der Waals surface area contributed by atoms with Gasteiger partial charge in [0.15, 0.2) is 0 Å². The minimum absolute atomic E-state index is 0.103. The maximum Gasteiger partial charge on any atom is 0.222 e. The second-order valence-electron chi connectivity index (χ2n) is 9.00. The van der Waals surface area contributed by atoms with Gasteiger partial charge in [0.2, 0.25) is 15.9 Å². The number of carbonyl (C=O) groups is 1. The van der Waals surface area contributed by atoms with E-state index in [4.69, 9.17) is 0 Å². The van der Waals surface area contributed by atoms with Gasteiger partial charge in [-0.05, 0) is 43.7 Å². The molecule has 1 aromatic carbocycles. The Morgan fingerprint density at radius 1 is 1.14 bits per heavy atom. The van der Waals surface area contributed by atoms with Crippen molar-refractivity contribution in [2.24, 2.45) is 11.3 Å². The lowest BCUT2D eigenvalue weighted by Gasteiger charge is -2.46. The molecule has 1 saturated carbocycles. The highest BCUT2D eigenvalue weighted by Gasteiger charge is 2.49. The molecule has 1 amide bonds. The summed E-state index contributed by atoms with van der Waals surface area (Å²) in [6, 6.07) is 10.3. The van der Waals surface area contributed by atoms with Gasteiger partial charge >= 0.3 is 0 Å². The monoisotopic (exact) mass is 405 g/mol. The van der Waals surface area contributed by atoms with Crippen molar-refractivity contribution < 1.29 is 13.2 Å². The Bertz CT molecular complexity index is 809. The van der Waals surface area contributed by atoms with Gasteiger partial charge < -0.3 is 4.90 Å². The molecule has 2 heterocycles. The number of carbonyl (C=O) groups excluding carboxylic acids is 1. The van der Waals surface area contributed by atoms with E-state index in [0.717, 1.165) is 26.1 Å². The highest BCUT2D eigenvalue weighted by atomic mass is 32.2. The van der Waals surface area contributed by atoms with Crippen LogP contribution in [0, 0.1) is 11.3 Å². The van der Waals surface area contributed by atoms with Crippen LogP contribution in [0.4, 0.5) is 0 Å². The van der Waals surface area contributed by atoms with Gasteiger partial charge in [-0.1, -0.05) is 30.3 Å². The molecule has 154 valence electrons. The zero-order valence-corrected chi connectivity index (χ0v) is 17.5. The SMILES string of the molecule is CS(=O)(=O)N[C@H]1CCN(C(=O)CC2CC2)C[C@@]12CCN(Cc1ccccc1)C2. The molecule has 1 aromatic rings. The molecule has 0 bridgehead atoms. The fraction of sp³-hybridized carbons (Fsp3) is 0.667. The first-order chi connectivity index (χ1) is 13.3. The number of likely N-dealkylation sites (tertiary alicyclic amines) is 2. The predicted molar refractivity (Wildman–Crippen MR) is 109 cm³/mol. The van der Waals surface area contributed by atoms with E-state index in [0.29, 0.717) is 31.8 Å². The van der Waals surface area contributed by atoms with E-state index in [1.54, 1.807) is 0 Å². The number of rotatable bonds is 6. The largest absolute Gasteiger partial charge is 0.342 e. The Morgan fingerprint density at radius 2 is 1.89 bits per heavy atom. The Morgan fingerprint density at radius 3 is 2.57 bits per heavy atom. The number of nitrogens with zero attached hydrogens (tertiary/aromatic N) is 2. The van der Waals surface area contributed by atoms with Gasteiger partial charge in [0.05, 0.1) is 6.26 Å². The van der Waals surface area contributed by atoms with E-state index >= 15 is 0 Å². The van der Waals surface area contributed by atoms with E-state index in [-0.39, 0.29) is 17.4 Å². The lowest BCUT2D eigenvalue weighted by atomic mass is 9.75. The van der Waals surface area contributed by atoms with Crippen molar-refractivity contribution in [2.75, 3.05) is 32.4 Å². The number of hydrogen-bond acceptors (Lipinski definition) is 4. The maximum absolute atomic E-state index is 12.7. The smallest absolute Gasteiger partial charge is 0.222 e. The molecule has 1 aliphatic carbocycles. The summed E-state index contributed by atoms with van der Waals surface area (Å²) in [7, 11) is -3.28. The molecule has 0 radical (unpaired) electrons. The second kappa shape index (κ2) is 7.76. The lowest BCUT2D eigenvalue weighted by molar-refractivity contribution is -0.135. The van der Waals surface area contributed by atoms with E-state index in [1.165, 1.54) is 24.7 Å². The van der Waals surface area contributed by atoms with Crippen LogP contribution < -0.4 is 4.72 Å². The molecule has 28 heavy (non-hydrogen) atoms. The highest BCUT2D eigenvalue weighted by Crippen LogP contribution is 2.41. The van der Waals surface area contributed by atoms with Gasteiger partial charge in [0.25, 0.3) is 0 Å². The van der Waals surface area contributed by atoms with Crippen molar-refractivity contribution in [3.63, 3.8) is 0 Å². The van der Waals surface area contributed by atoms with Crippen molar-refractivity contribution in [1.82, 2.24) is 14.5 Å². The molecule has 2 aliphatic heterocycles. The van der Waals surface area contributed by atoms with Crippen LogP contribution in [0.25, 0.3) is 0 Å². The molecule has 0 aromatic heterocycles. The normalized spacial score (nSPS) is 28.8. The summed E-state index contributed by atoms with van der Waals surface area (Å²) in [6.07, 6.45) is 5.86. The topological polar surface area (TPSA) is 69.7 Å². The maximum atomic E-state index is 12.7. The van der Waals surface area contributed by atoms with Gasteiger partial charge in [0.1, 0.15) is 0 Å². The van der Waals surface area contributed by atoms with Crippen LogP contribution in [-0.4, -0.2) is 62.6 Å². The molecule has 2 atom stereocenters. The van der Waals surface area contributed by atoms with Crippen molar-refractivity contribution in [2.45, 2.75) is 44.7 Å². The predicted octanol–water partition coefficient (Wildman–Crippen LogP) is 1.83. The van der Waals surface area contributed by atoms with Crippen LogP contribution >= 0.6 is 0 Å². The van der Waals surface area contributed by atoms with Crippen LogP contribution in [0.15, 0.2) is 30.3 Å². The summed E-state index contributed by atoms with van der Waals surface area (Å²) in [5.41, 5.74) is 1.07. The fourth-order valence-corrected chi connectivity index (χ4v) is 5.77. The van der Waals surface area contributed by atoms with Crippen molar-refractivity contribution in [1.29, 1.82) is 0 Å². The van der Waals surface area contributed by atoms with Crippen LogP contribution in [0.5, 0.6) is 0 Å². The van der Waals surface area contributed by atoms with Gasteiger partial charge in [0, 0.05) is 44.1 Å². The zero-order valence-electron chi connectivity index (χ0n) is 16.6. The van der Waals surface area contributed by atoms with E-state index in [1.807, 2.05) is 23.1 Å². The summed E-state index contributed by atoms with van der Waals surface area (Å²) in [5.74, 6) is 0.828. The number of amides is 1. The van der Waals surface area contributed by atoms with Gasteiger partial charge in [-0.15, -0.1) is 0 Å². The van der Waals surface area contributed by atoms with E-state index in [2.05, 4.69) is 21.8 Å².